The molecule has 0 aromatic carbocycles. The van der Waals surface area contributed by atoms with Crippen molar-refractivity contribution in [2.75, 3.05) is 36.8 Å². The van der Waals surface area contributed by atoms with E-state index in [1.807, 2.05) is 11.8 Å². The van der Waals surface area contributed by atoms with Gasteiger partial charge in [0, 0.05) is 50.2 Å². The highest BCUT2D eigenvalue weighted by Crippen LogP contribution is 2.19. The average molecular weight is 343 g/mol. The number of hydrogen-bond acceptors (Lipinski definition) is 7. The maximum absolute atomic E-state index is 11.8. The van der Waals surface area contributed by atoms with Crippen molar-refractivity contribution in [1.29, 1.82) is 0 Å². The predicted molar refractivity (Wildman–Crippen MR) is 85.9 cm³/mol. The zero-order chi connectivity index (χ0) is 13.1. The Labute approximate surface area is 134 Å². The molecule has 1 fully saturated rings. The van der Waals surface area contributed by atoms with Gasteiger partial charge in [-0.05, 0) is 6.92 Å². The number of carbonyl (C=O) groups excluding carboxylic acids is 1. The monoisotopic (exact) mass is 342 g/mol. The molecular weight excluding hydrogens is 323 g/mol. The fourth-order valence-corrected chi connectivity index (χ4v) is 2.55. The number of nitrogens with two attached hydrogens (primary N) is 2. The molecular formula is C10H20Cl2N6OS. The Morgan fingerprint density at radius 2 is 1.95 bits per heavy atom. The van der Waals surface area contributed by atoms with Gasteiger partial charge in [0.15, 0.2) is 0 Å². The first-order chi connectivity index (χ1) is 8.56. The third-order valence-corrected chi connectivity index (χ3v) is 3.62. The molecule has 1 saturated heterocycles. The summed E-state index contributed by atoms with van der Waals surface area (Å²) in [7, 11) is 0. The summed E-state index contributed by atoms with van der Waals surface area (Å²) in [5.41, 5.74) is 11.1. The molecule has 1 aromatic rings. The van der Waals surface area contributed by atoms with Crippen LogP contribution in [0.4, 0.5) is 11.1 Å². The predicted octanol–water partition coefficient (Wildman–Crippen LogP) is 0.350. The van der Waals surface area contributed by atoms with Crippen molar-refractivity contribution < 1.29 is 4.79 Å². The van der Waals surface area contributed by atoms with E-state index in [0.29, 0.717) is 25.5 Å². The second-order valence-electron chi connectivity index (χ2n) is 4.48. The summed E-state index contributed by atoms with van der Waals surface area (Å²) in [5, 5.41) is 0.826. The Morgan fingerprint density at radius 3 is 2.40 bits per heavy atom. The summed E-state index contributed by atoms with van der Waals surface area (Å²) >= 11 is 1.29. The fourth-order valence-electron chi connectivity index (χ4n) is 1.91. The summed E-state index contributed by atoms with van der Waals surface area (Å²) in [4.78, 5) is 19.9. The van der Waals surface area contributed by atoms with Crippen LogP contribution in [-0.4, -0.2) is 52.4 Å². The molecule has 10 heteroatoms. The molecule has 1 aliphatic rings. The molecule has 0 radical (unpaired) electrons. The van der Waals surface area contributed by atoms with Crippen molar-refractivity contribution in [3.8, 4) is 0 Å². The second kappa shape index (κ2) is 8.46. The van der Waals surface area contributed by atoms with E-state index in [1.54, 1.807) is 0 Å². The van der Waals surface area contributed by atoms with E-state index in [9.17, 15) is 4.79 Å². The number of anilines is 2. The molecule has 4 N–H and O–H groups in total. The first-order valence-electron chi connectivity index (χ1n) is 5.93. The molecule has 2 rings (SSSR count). The fraction of sp³-hybridized carbons (Fsp3) is 0.700. The number of nitrogens with zero attached hydrogens (tertiary/aromatic N) is 4. The molecule has 1 amide bonds. The number of rotatable bonds is 3. The summed E-state index contributed by atoms with van der Waals surface area (Å²) in [5.74, 6) is 0.437. The molecule has 2 heterocycles. The normalized spacial score (nSPS) is 16.1. The van der Waals surface area contributed by atoms with E-state index < -0.39 is 0 Å². The number of carbonyl (C=O) groups is 1. The number of amides is 1. The highest BCUT2D eigenvalue weighted by atomic mass is 35.5. The minimum Gasteiger partial charge on any atom is -0.367 e. The van der Waals surface area contributed by atoms with E-state index in [1.165, 1.54) is 11.5 Å². The van der Waals surface area contributed by atoms with Gasteiger partial charge in [-0.3, -0.25) is 4.79 Å². The lowest BCUT2D eigenvalue weighted by atomic mass is 10.2. The number of aromatic nitrogens is 2. The highest BCUT2D eigenvalue weighted by molar-refractivity contribution is 7.09. The molecule has 1 unspecified atom stereocenters. The average Bonchev–Trinajstić information content (AvgIpc) is 2.75. The number of nitrogen functional groups attached to an aromatic ring is 1. The molecule has 0 aliphatic carbocycles. The zero-order valence-corrected chi connectivity index (χ0v) is 13.6. The van der Waals surface area contributed by atoms with Crippen LogP contribution >= 0.6 is 36.3 Å². The van der Waals surface area contributed by atoms with Gasteiger partial charge in [0.25, 0.3) is 0 Å². The first-order valence-corrected chi connectivity index (χ1v) is 6.71. The zero-order valence-electron chi connectivity index (χ0n) is 11.2. The van der Waals surface area contributed by atoms with E-state index in [0.717, 1.165) is 18.2 Å². The Balaban J connectivity index is 0.00000180. The minimum absolute atomic E-state index is 0. The van der Waals surface area contributed by atoms with Crippen LogP contribution in [-0.2, 0) is 4.79 Å². The van der Waals surface area contributed by atoms with Crippen LogP contribution in [0.25, 0.3) is 0 Å². The van der Waals surface area contributed by atoms with Gasteiger partial charge in [-0.25, -0.2) is 0 Å². The van der Waals surface area contributed by atoms with Crippen LogP contribution in [0.1, 0.15) is 13.3 Å². The molecule has 0 spiro atoms. The maximum Gasteiger partial charge on any atom is 0.233 e. The van der Waals surface area contributed by atoms with Crippen LogP contribution in [0, 0.1) is 0 Å². The summed E-state index contributed by atoms with van der Waals surface area (Å²) in [6.45, 7) is 4.77. The van der Waals surface area contributed by atoms with Gasteiger partial charge in [0.05, 0.1) is 0 Å². The van der Waals surface area contributed by atoms with Crippen molar-refractivity contribution in [3.63, 3.8) is 0 Å². The van der Waals surface area contributed by atoms with Crippen molar-refractivity contribution in [2.24, 2.45) is 5.73 Å². The molecule has 0 bridgehead atoms. The summed E-state index contributed by atoms with van der Waals surface area (Å²) < 4.78 is 3.95. The number of halogens is 2. The largest absolute Gasteiger partial charge is 0.367 e. The molecule has 1 aromatic heterocycles. The highest BCUT2D eigenvalue weighted by Gasteiger charge is 2.23. The third kappa shape index (κ3) is 4.93. The molecule has 7 nitrogen and oxygen atoms in total. The van der Waals surface area contributed by atoms with Gasteiger partial charge in [-0.15, -0.1) is 24.8 Å². The SMILES string of the molecule is CC(N)CC(=O)N1CCN(c2nc(N)ns2)CC1.Cl.Cl. The molecule has 0 saturated carbocycles. The van der Waals surface area contributed by atoms with Gasteiger partial charge in [0.1, 0.15) is 0 Å². The lowest BCUT2D eigenvalue weighted by Gasteiger charge is -2.34. The van der Waals surface area contributed by atoms with E-state index in [4.69, 9.17) is 11.5 Å². The Morgan fingerprint density at radius 1 is 1.35 bits per heavy atom. The van der Waals surface area contributed by atoms with Gasteiger partial charge < -0.3 is 21.3 Å². The molecule has 1 aliphatic heterocycles. The minimum atomic E-state index is -0.0847. The van der Waals surface area contributed by atoms with Crippen LogP contribution in [0.15, 0.2) is 0 Å². The molecule has 1 atom stereocenters. The van der Waals surface area contributed by atoms with E-state index >= 15 is 0 Å². The molecule has 20 heavy (non-hydrogen) atoms. The Bertz CT molecular complexity index is 422. The van der Waals surface area contributed by atoms with Gasteiger partial charge in [0.2, 0.25) is 17.0 Å². The van der Waals surface area contributed by atoms with Crippen LogP contribution in [0.2, 0.25) is 0 Å². The number of piperazine rings is 1. The van der Waals surface area contributed by atoms with Crippen molar-refractivity contribution in [3.05, 3.63) is 0 Å². The maximum atomic E-state index is 11.8. The summed E-state index contributed by atoms with van der Waals surface area (Å²) in [6.07, 6.45) is 0.408. The van der Waals surface area contributed by atoms with Gasteiger partial charge in [-0.1, -0.05) is 0 Å². The van der Waals surface area contributed by atoms with Crippen LogP contribution < -0.4 is 16.4 Å². The van der Waals surface area contributed by atoms with E-state index in [2.05, 4.69) is 14.3 Å². The summed E-state index contributed by atoms with van der Waals surface area (Å²) in [6, 6.07) is -0.0847. The van der Waals surface area contributed by atoms with Crippen molar-refractivity contribution in [1.82, 2.24) is 14.3 Å². The smallest absolute Gasteiger partial charge is 0.233 e. The standard InChI is InChI=1S/C10H18N6OS.2ClH/c1-7(11)6-8(17)15-2-4-16(5-3-15)10-13-9(12)14-18-10;;/h7H,2-6,11H2,1H3,(H2,12,14);2*1H. The van der Waals surface area contributed by atoms with Gasteiger partial charge in [-0.2, -0.15) is 9.36 Å². The van der Waals surface area contributed by atoms with Crippen molar-refractivity contribution >= 4 is 53.3 Å². The van der Waals surface area contributed by atoms with Gasteiger partial charge >= 0.3 is 0 Å². The van der Waals surface area contributed by atoms with Crippen LogP contribution in [0.5, 0.6) is 0 Å². The Hall–Kier alpha value is -0.830. The number of hydrogen-bond donors (Lipinski definition) is 2. The molecule has 116 valence electrons. The topological polar surface area (TPSA) is 101 Å². The van der Waals surface area contributed by atoms with E-state index in [-0.39, 0.29) is 36.8 Å². The second-order valence-corrected chi connectivity index (χ2v) is 5.21. The first kappa shape index (κ1) is 19.2. The lowest BCUT2D eigenvalue weighted by Crippen LogP contribution is -2.49. The Kier molecular flexibility index (Phi) is 8.10. The lowest BCUT2D eigenvalue weighted by molar-refractivity contribution is -0.131. The third-order valence-electron chi connectivity index (χ3n) is 2.83. The van der Waals surface area contributed by atoms with Crippen molar-refractivity contribution in [2.45, 2.75) is 19.4 Å². The quantitative estimate of drug-likeness (QED) is 0.821. The van der Waals surface area contributed by atoms with Crippen LogP contribution in [0.3, 0.4) is 0 Å².